The SMILES string of the molecule is CCCCC(C)(O)C(C)(O)CCCC.Cl.Cl. The number of hydrogen-bond donors (Lipinski definition) is 2. The molecule has 0 aromatic carbocycles. The summed E-state index contributed by atoms with van der Waals surface area (Å²) in [6.45, 7) is 7.68. The number of unbranched alkanes of at least 4 members (excludes halogenated alkanes) is 2. The Hall–Kier alpha value is 0.500. The van der Waals surface area contributed by atoms with Crippen molar-refractivity contribution in [2.75, 3.05) is 0 Å². The van der Waals surface area contributed by atoms with E-state index in [1.807, 2.05) is 0 Å². The highest BCUT2D eigenvalue weighted by Crippen LogP contribution is 2.31. The minimum absolute atomic E-state index is 0. The molecule has 0 radical (unpaired) electrons. The van der Waals surface area contributed by atoms with Gasteiger partial charge in [0.2, 0.25) is 0 Å². The maximum Gasteiger partial charge on any atom is 0.0902 e. The van der Waals surface area contributed by atoms with Crippen molar-refractivity contribution in [1.29, 1.82) is 0 Å². The fourth-order valence-corrected chi connectivity index (χ4v) is 1.58. The van der Waals surface area contributed by atoms with Gasteiger partial charge < -0.3 is 10.2 Å². The van der Waals surface area contributed by atoms with Crippen molar-refractivity contribution >= 4 is 24.8 Å². The average molecular weight is 275 g/mol. The van der Waals surface area contributed by atoms with Gasteiger partial charge in [-0.05, 0) is 26.7 Å². The van der Waals surface area contributed by atoms with Crippen LogP contribution in [0.5, 0.6) is 0 Å². The molecular weight excluding hydrogens is 247 g/mol. The Labute approximate surface area is 113 Å². The zero-order valence-electron chi connectivity index (χ0n) is 11.0. The summed E-state index contributed by atoms with van der Waals surface area (Å²) in [6, 6.07) is 0. The maximum atomic E-state index is 10.1. The lowest BCUT2D eigenvalue weighted by Gasteiger charge is -2.39. The van der Waals surface area contributed by atoms with E-state index in [1.54, 1.807) is 13.8 Å². The Morgan fingerprint density at radius 2 is 1.00 bits per heavy atom. The van der Waals surface area contributed by atoms with Crippen LogP contribution in [0.1, 0.15) is 66.2 Å². The topological polar surface area (TPSA) is 40.5 Å². The lowest BCUT2D eigenvalue weighted by atomic mass is 9.79. The molecule has 0 fully saturated rings. The normalized spacial score (nSPS) is 17.6. The molecule has 0 bridgehead atoms. The van der Waals surface area contributed by atoms with Gasteiger partial charge in [-0.25, -0.2) is 0 Å². The van der Waals surface area contributed by atoms with E-state index in [9.17, 15) is 10.2 Å². The summed E-state index contributed by atoms with van der Waals surface area (Å²) in [4.78, 5) is 0. The van der Waals surface area contributed by atoms with E-state index >= 15 is 0 Å². The standard InChI is InChI=1S/C12H26O2.2ClH/c1-5-7-9-11(3,13)12(4,14)10-8-6-2;;/h13-14H,5-10H2,1-4H3;2*1H. The first kappa shape index (κ1) is 21.8. The lowest BCUT2D eigenvalue weighted by molar-refractivity contribution is -0.140. The summed E-state index contributed by atoms with van der Waals surface area (Å²) < 4.78 is 0. The maximum absolute atomic E-state index is 10.1. The highest BCUT2D eigenvalue weighted by atomic mass is 35.5. The minimum Gasteiger partial charge on any atom is -0.387 e. The van der Waals surface area contributed by atoms with Gasteiger partial charge in [-0.2, -0.15) is 0 Å². The molecule has 0 saturated heterocycles. The van der Waals surface area contributed by atoms with Crippen LogP contribution in [0, 0.1) is 0 Å². The van der Waals surface area contributed by atoms with Crippen molar-refractivity contribution < 1.29 is 10.2 Å². The predicted molar refractivity (Wildman–Crippen MR) is 74.8 cm³/mol. The van der Waals surface area contributed by atoms with Crippen LogP contribution in [0.25, 0.3) is 0 Å². The van der Waals surface area contributed by atoms with Gasteiger partial charge in [0.05, 0.1) is 11.2 Å². The molecule has 0 aliphatic rings. The van der Waals surface area contributed by atoms with Crippen molar-refractivity contribution in [2.24, 2.45) is 0 Å². The quantitative estimate of drug-likeness (QED) is 0.743. The van der Waals surface area contributed by atoms with Crippen molar-refractivity contribution in [3.05, 3.63) is 0 Å². The summed E-state index contributed by atoms with van der Waals surface area (Å²) >= 11 is 0. The summed E-state index contributed by atoms with van der Waals surface area (Å²) in [5.74, 6) is 0. The molecule has 4 heteroatoms. The predicted octanol–water partition coefficient (Wildman–Crippen LogP) is 3.71. The summed E-state index contributed by atoms with van der Waals surface area (Å²) in [7, 11) is 0. The van der Waals surface area contributed by atoms with Gasteiger partial charge in [-0.3, -0.25) is 0 Å². The van der Waals surface area contributed by atoms with Crippen LogP contribution < -0.4 is 0 Å². The van der Waals surface area contributed by atoms with Crippen LogP contribution in [0.3, 0.4) is 0 Å². The fraction of sp³-hybridized carbons (Fsp3) is 1.00. The Bertz CT molecular complexity index is 141. The molecule has 0 aromatic rings. The van der Waals surface area contributed by atoms with Crippen LogP contribution >= 0.6 is 24.8 Å². The second kappa shape index (κ2) is 9.52. The molecule has 0 rings (SSSR count). The van der Waals surface area contributed by atoms with Gasteiger partial charge >= 0.3 is 0 Å². The number of hydrogen-bond acceptors (Lipinski definition) is 2. The minimum atomic E-state index is -0.946. The van der Waals surface area contributed by atoms with Crippen molar-refractivity contribution in [3.8, 4) is 0 Å². The molecule has 0 heterocycles. The van der Waals surface area contributed by atoms with E-state index in [2.05, 4.69) is 13.8 Å². The third-order valence-electron chi connectivity index (χ3n) is 3.19. The van der Waals surface area contributed by atoms with E-state index in [4.69, 9.17) is 0 Å². The van der Waals surface area contributed by atoms with Crippen LogP contribution in [-0.2, 0) is 0 Å². The molecule has 0 aliphatic heterocycles. The highest BCUT2D eigenvalue weighted by Gasteiger charge is 2.40. The summed E-state index contributed by atoms with van der Waals surface area (Å²) in [5.41, 5.74) is -1.89. The zero-order valence-corrected chi connectivity index (χ0v) is 12.6. The zero-order chi connectivity index (χ0) is 11.2. The molecule has 102 valence electrons. The molecule has 0 aromatic heterocycles. The van der Waals surface area contributed by atoms with Crippen molar-refractivity contribution in [3.63, 3.8) is 0 Å². The monoisotopic (exact) mass is 274 g/mol. The number of halogens is 2. The Balaban J connectivity index is -0.000000845. The molecule has 0 saturated carbocycles. The Morgan fingerprint density at radius 1 is 0.750 bits per heavy atom. The first-order chi connectivity index (χ1) is 6.37. The van der Waals surface area contributed by atoms with Crippen molar-refractivity contribution in [2.45, 2.75) is 77.4 Å². The first-order valence-corrected chi connectivity index (χ1v) is 5.82. The molecule has 16 heavy (non-hydrogen) atoms. The van der Waals surface area contributed by atoms with Gasteiger partial charge in [-0.15, -0.1) is 24.8 Å². The molecule has 0 amide bonds. The van der Waals surface area contributed by atoms with E-state index < -0.39 is 11.2 Å². The third kappa shape index (κ3) is 6.95. The molecule has 0 spiro atoms. The van der Waals surface area contributed by atoms with Gasteiger partial charge in [0.15, 0.2) is 0 Å². The second-order valence-corrected chi connectivity index (χ2v) is 4.75. The van der Waals surface area contributed by atoms with Crippen molar-refractivity contribution in [1.82, 2.24) is 0 Å². The molecular formula is C12H28Cl2O2. The Kier molecular flexibility index (Phi) is 12.9. The second-order valence-electron chi connectivity index (χ2n) is 4.75. The van der Waals surface area contributed by atoms with Crippen LogP contribution in [0.15, 0.2) is 0 Å². The van der Waals surface area contributed by atoms with E-state index in [0.717, 1.165) is 25.7 Å². The fourth-order valence-electron chi connectivity index (χ4n) is 1.58. The molecule has 2 unspecified atom stereocenters. The third-order valence-corrected chi connectivity index (χ3v) is 3.19. The van der Waals surface area contributed by atoms with Crippen LogP contribution in [0.2, 0.25) is 0 Å². The van der Waals surface area contributed by atoms with E-state index in [0.29, 0.717) is 12.8 Å². The molecule has 2 N–H and O–H groups in total. The van der Waals surface area contributed by atoms with Gasteiger partial charge in [0, 0.05) is 0 Å². The Morgan fingerprint density at radius 3 is 1.19 bits per heavy atom. The van der Waals surface area contributed by atoms with E-state index in [-0.39, 0.29) is 24.8 Å². The van der Waals surface area contributed by atoms with Gasteiger partial charge in [-0.1, -0.05) is 39.5 Å². The van der Waals surface area contributed by atoms with Gasteiger partial charge in [0.25, 0.3) is 0 Å². The number of rotatable bonds is 7. The number of aliphatic hydroxyl groups is 2. The molecule has 0 aliphatic carbocycles. The summed E-state index contributed by atoms with van der Waals surface area (Å²) in [6.07, 6.45) is 5.41. The smallest absolute Gasteiger partial charge is 0.0902 e. The molecule has 2 nitrogen and oxygen atoms in total. The first-order valence-electron chi connectivity index (χ1n) is 5.82. The van der Waals surface area contributed by atoms with Gasteiger partial charge in [0.1, 0.15) is 0 Å². The largest absolute Gasteiger partial charge is 0.387 e. The average Bonchev–Trinajstić information content (AvgIpc) is 2.11. The highest BCUT2D eigenvalue weighted by molar-refractivity contribution is 5.85. The van der Waals surface area contributed by atoms with Crippen LogP contribution in [-0.4, -0.2) is 21.4 Å². The summed E-state index contributed by atoms with van der Waals surface area (Å²) in [5, 5.41) is 20.3. The lowest BCUT2D eigenvalue weighted by Crippen LogP contribution is -2.49. The van der Waals surface area contributed by atoms with Crippen LogP contribution in [0.4, 0.5) is 0 Å². The molecule has 2 atom stereocenters. The van der Waals surface area contributed by atoms with E-state index in [1.165, 1.54) is 0 Å².